The normalized spacial score (nSPS) is 16.8. The van der Waals surface area contributed by atoms with Gasteiger partial charge in [0.25, 0.3) is 0 Å². The zero-order valence-electron chi connectivity index (χ0n) is 17.9. The highest BCUT2D eigenvalue weighted by atomic mass is 19.1. The van der Waals surface area contributed by atoms with E-state index in [-0.39, 0.29) is 11.7 Å². The average Bonchev–Trinajstić information content (AvgIpc) is 2.78. The largest absolute Gasteiger partial charge is 0.497 e. The molecule has 0 unspecified atom stereocenters. The van der Waals surface area contributed by atoms with Crippen molar-refractivity contribution in [3.63, 3.8) is 0 Å². The van der Waals surface area contributed by atoms with Crippen LogP contribution >= 0.6 is 0 Å². The van der Waals surface area contributed by atoms with E-state index in [9.17, 15) is 9.18 Å². The number of likely N-dealkylation sites (tertiary alicyclic amines) is 1. The van der Waals surface area contributed by atoms with Gasteiger partial charge in [-0.15, -0.1) is 0 Å². The van der Waals surface area contributed by atoms with Crippen LogP contribution in [0.15, 0.2) is 48.5 Å². The van der Waals surface area contributed by atoms with Crippen molar-refractivity contribution in [1.29, 1.82) is 0 Å². The SMILES string of the molecule is CCN(C[C@@H]1CCCN(CCc2cccc(OC)c2)C1)C(=O)Nc1ccccc1F. The summed E-state index contributed by atoms with van der Waals surface area (Å²) in [6.07, 6.45) is 3.23. The Hall–Kier alpha value is -2.60. The van der Waals surface area contributed by atoms with E-state index in [1.807, 2.05) is 19.1 Å². The third kappa shape index (κ3) is 6.20. The first kappa shape index (κ1) is 22.1. The number of piperidine rings is 1. The zero-order valence-corrected chi connectivity index (χ0v) is 17.9. The van der Waals surface area contributed by atoms with Crippen LogP contribution in [0.25, 0.3) is 0 Å². The number of hydrogen-bond acceptors (Lipinski definition) is 3. The van der Waals surface area contributed by atoms with Crippen molar-refractivity contribution in [3.05, 3.63) is 59.9 Å². The van der Waals surface area contributed by atoms with Crippen LogP contribution < -0.4 is 10.1 Å². The lowest BCUT2D eigenvalue weighted by Crippen LogP contribution is -2.44. The van der Waals surface area contributed by atoms with E-state index in [0.29, 0.717) is 19.0 Å². The molecule has 1 aliphatic rings. The predicted octanol–water partition coefficient (Wildman–Crippen LogP) is 4.64. The van der Waals surface area contributed by atoms with Gasteiger partial charge in [-0.3, -0.25) is 0 Å². The van der Waals surface area contributed by atoms with Gasteiger partial charge in [-0.2, -0.15) is 0 Å². The molecule has 1 N–H and O–H groups in total. The Morgan fingerprint density at radius 1 is 1.27 bits per heavy atom. The van der Waals surface area contributed by atoms with E-state index < -0.39 is 5.82 Å². The summed E-state index contributed by atoms with van der Waals surface area (Å²) in [4.78, 5) is 16.9. The van der Waals surface area contributed by atoms with E-state index in [1.165, 1.54) is 11.6 Å². The van der Waals surface area contributed by atoms with Crippen LogP contribution in [0, 0.1) is 11.7 Å². The molecule has 0 spiro atoms. The van der Waals surface area contributed by atoms with E-state index >= 15 is 0 Å². The van der Waals surface area contributed by atoms with Gasteiger partial charge in [-0.05, 0) is 68.5 Å². The van der Waals surface area contributed by atoms with E-state index in [2.05, 4.69) is 22.3 Å². The van der Waals surface area contributed by atoms with Crippen molar-refractivity contribution >= 4 is 11.7 Å². The number of ether oxygens (including phenoxy) is 1. The van der Waals surface area contributed by atoms with Crippen molar-refractivity contribution in [3.8, 4) is 5.75 Å². The maximum Gasteiger partial charge on any atom is 0.321 e. The van der Waals surface area contributed by atoms with Crippen molar-refractivity contribution in [1.82, 2.24) is 9.80 Å². The second-order valence-electron chi connectivity index (χ2n) is 7.86. The van der Waals surface area contributed by atoms with Gasteiger partial charge in [0.15, 0.2) is 0 Å². The number of hydrogen-bond donors (Lipinski definition) is 1. The van der Waals surface area contributed by atoms with Gasteiger partial charge in [0.05, 0.1) is 12.8 Å². The summed E-state index contributed by atoms with van der Waals surface area (Å²) in [5.74, 6) is 0.905. The minimum absolute atomic E-state index is 0.226. The Balaban J connectivity index is 1.51. The number of benzene rings is 2. The Labute approximate surface area is 178 Å². The van der Waals surface area contributed by atoms with Crippen molar-refractivity contribution in [2.45, 2.75) is 26.2 Å². The quantitative estimate of drug-likeness (QED) is 0.686. The molecule has 0 bridgehead atoms. The lowest BCUT2D eigenvalue weighted by atomic mass is 9.97. The lowest BCUT2D eigenvalue weighted by Gasteiger charge is -2.35. The number of carbonyl (C=O) groups is 1. The monoisotopic (exact) mass is 413 g/mol. The molecule has 162 valence electrons. The molecular formula is C24H32FN3O2. The standard InChI is InChI=1S/C24H32FN3O2/c1-3-28(24(29)26-23-12-5-4-11-22(23)25)18-20-9-7-14-27(17-20)15-13-19-8-6-10-21(16-19)30-2/h4-6,8,10-12,16,20H,3,7,9,13-15,17-18H2,1-2H3,(H,26,29)/t20-/m1/s1. The van der Waals surface area contributed by atoms with Crippen LogP contribution in [0.5, 0.6) is 5.75 Å². The van der Waals surface area contributed by atoms with Gasteiger partial charge < -0.3 is 19.9 Å². The highest BCUT2D eigenvalue weighted by molar-refractivity contribution is 5.89. The second kappa shape index (κ2) is 11.0. The minimum Gasteiger partial charge on any atom is -0.497 e. The first-order chi connectivity index (χ1) is 14.6. The first-order valence-corrected chi connectivity index (χ1v) is 10.7. The van der Waals surface area contributed by atoms with Crippen LogP contribution in [0.4, 0.5) is 14.9 Å². The summed E-state index contributed by atoms with van der Waals surface area (Å²) in [7, 11) is 1.69. The Morgan fingerprint density at radius 3 is 2.87 bits per heavy atom. The van der Waals surface area contributed by atoms with Gasteiger partial charge in [-0.25, -0.2) is 9.18 Å². The molecule has 6 heteroatoms. The molecule has 1 aliphatic heterocycles. The number of amides is 2. The number of halogens is 1. The molecule has 0 saturated carbocycles. The summed E-state index contributed by atoms with van der Waals surface area (Å²) in [5.41, 5.74) is 1.50. The van der Waals surface area contributed by atoms with Crippen LogP contribution in [0.3, 0.4) is 0 Å². The van der Waals surface area contributed by atoms with Crippen LogP contribution in [0.1, 0.15) is 25.3 Å². The third-order valence-corrected chi connectivity index (χ3v) is 5.72. The number of methoxy groups -OCH3 is 1. The van der Waals surface area contributed by atoms with E-state index in [4.69, 9.17) is 4.74 Å². The first-order valence-electron chi connectivity index (χ1n) is 10.7. The van der Waals surface area contributed by atoms with Crippen molar-refractivity contribution in [2.75, 3.05) is 45.2 Å². The maximum atomic E-state index is 13.9. The molecule has 1 fully saturated rings. The number of nitrogens with zero attached hydrogens (tertiary/aromatic N) is 2. The van der Waals surface area contributed by atoms with Crippen LogP contribution in [-0.2, 0) is 6.42 Å². The van der Waals surface area contributed by atoms with Crippen molar-refractivity contribution in [2.24, 2.45) is 5.92 Å². The Morgan fingerprint density at radius 2 is 2.10 bits per heavy atom. The number of urea groups is 1. The molecule has 2 amide bonds. The molecule has 0 radical (unpaired) electrons. The maximum absolute atomic E-state index is 13.9. The molecule has 1 heterocycles. The Kier molecular flexibility index (Phi) is 8.08. The summed E-state index contributed by atoms with van der Waals surface area (Å²) >= 11 is 0. The zero-order chi connectivity index (χ0) is 21.3. The summed E-state index contributed by atoms with van der Waals surface area (Å²) < 4.78 is 19.2. The molecule has 5 nitrogen and oxygen atoms in total. The summed E-state index contributed by atoms with van der Waals surface area (Å²) in [5, 5.41) is 2.71. The fourth-order valence-corrected chi connectivity index (χ4v) is 4.04. The molecule has 0 aromatic heterocycles. The van der Waals surface area contributed by atoms with Crippen LogP contribution in [0.2, 0.25) is 0 Å². The minimum atomic E-state index is -0.414. The van der Waals surface area contributed by atoms with E-state index in [1.54, 1.807) is 30.2 Å². The smallest absolute Gasteiger partial charge is 0.321 e. The van der Waals surface area contributed by atoms with Gasteiger partial charge in [0.2, 0.25) is 0 Å². The topological polar surface area (TPSA) is 44.8 Å². The predicted molar refractivity (Wildman–Crippen MR) is 119 cm³/mol. The second-order valence-corrected chi connectivity index (χ2v) is 7.86. The van der Waals surface area contributed by atoms with Crippen LogP contribution in [-0.4, -0.2) is 55.7 Å². The number of para-hydroxylation sites is 1. The fourth-order valence-electron chi connectivity index (χ4n) is 4.04. The molecule has 1 saturated heterocycles. The summed E-state index contributed by atoms with van der Waals surface area (Å²) in [6.45, 7) is 6.32. The molecule has 2 aromatic carbocycles. The average molecular weight is 414 g/mol. The summed E-state index contributed by atoms with van der Waals surface area (Å²) in [6, 6.07) is 14.3. The van der Waals surface area contributed by atoms with Gasteiger partial charge in [0, 0.05) is 26.2 Å². The third-order valence-electron chi connectivity index (χ3n) is 5.72. The number of carbonyl (C=O) groups excluding carboxylic acids is 1. The molecule has 30 heavy (non-hydrogen) atoms. The Bertz CT molecular complexity index is 830. The van der Waals surface area contributed by atoms with Gasteiger partial charge in [-0.1, -0.05) is 24.3 Å². The van der Waals surface area contributed by atoms with E-state index in [0.717, 1.165) is 44.6 Å². The number of rotatable bonds is 8. The molecule has 3 rings (SSSR count). The molecule has 2 aromatic rings. The number of nitrogens with one attached hydrogen (secondary N) is 1. The molecule has 1 atom stereocenters. The number of anilines is 1. The fraction of sp³-hybridized carbons (Fsp3) is 0.458. The van der Waals surface area contributed by atoms with Crippen molar-refractivity contribution < 1.29 is 13.9 Å². The highest BCUT2D eigenvalue weighted by Crippen LogP contribution is 2.20. The van der Waals surface area contributed by atoms with Gasteiger partial charge >= 0.3 is 6.03 Å². The highest BCUT2D eigenvalue weighted by Gasteiger charge is 2.24. The molecular weight excluding hydrogens is 381 g/mol. The molecule has 0 aliphatic carbocycles. The lowest BCUT2D eigenvalue weighted by molar-refractivity contribution is 0.144. The van der Waals surface area contributed by atoms with Gasteiger partial charge in [0.1, 0.15) is 11.6 Å².